The molecule has 3 aliphatic rings. The van der Waals surface area contributed by atoms with Crippen molar-refractivity contribution in [1.29, 1.82) is 0 Å². The maximum absolute atomic E-state index is 14.4. The molecule has 0 aromatic rings. The van der Waals surface area contributed by atoms with Crippen molar-refractivity contribution >= 4 is 23.4 Å². The Balaban J connectivity index is 1.75. The van der Waals surface area contributed by atoms with E-state index in [0.717, 1.165) is 18.4 Å². The lowest BCUT2D eigenvalue weighted by molar-refractivity contribution is -0.126. The summed E-state index contributed by atoms with van der Waals surface area (Å²) in [5, 5.41) is 5.61. The Morgan fingerprint density at radius 3 is 2.69 bits per heavy atom. The van der Waals surface area contributed by atoms with Crippen molar-refractivity contribution in [2.45, 2.75) is 38.2 Å². The largest absolute Gasteiger partial charge is 0.378 e. The van der Waals surface area contributed by atoms with Crippen LogP contribution >= 0.6 is 11.6 Å². The standard InChI is InChI=1S/C24H31ClFN3O3/c1-6-17(12-16(3)29(4)5)24(31)27-11-10-15(2)28-21(30)14-32-20-13-18-8-7-9-19(20)23(26)22(18)25/h6,12,20H,1-3,7-11,13-14H2,4-5H3,(H,27,31)(H,28,30)/b17-12+. The zero-order valence-electron chi connectivity index (χ0n) is 18.7. The minimum absolute atomic E-state index is 0.206. The Hall–Kier alpha value is -2.64. The number of ether oxygens (including phenoxy) is 1. The highest BCUT2D eigenvalue weighted by Gasteiger charge is 2.32. The number of nitrogens with zero attached hydrogens (tertiary/aromatic N) is 1. The van der Waals surface area contributed by atoms with E-state index in [1.165, 1.54) is 6.08 Å². The molecular formula is C24H31ClFN3O3. The molecular weight excluding hydrogens is 433 g/mol. The summed E-state index contributed by atoms with van der Waals surface area (Å²) in [5.74, 6) is -1.08. The van der Waals surface area contributed by atoms with Crippen molar-refractivity contribution < 1.29 is 18.7 Å². The van der Waals surface area contributed by atoms with Gasteiger partial charge >= 0.3 is 0 Å². The average Bonchev–Trinajstić information content (AvgIpc) is 3.03. The zero-order valence-corrected chi connectivity index (χ0v) is 19.5. The quantitative estimate of drug-likeness (QED) is 0.359. The van der Waals surface area contributed by atoms with Gasteiger partial charge in [0.1, 0.15) is 12.4 Å². The lowest BCUT2D eigenvalue weighted by Crippen LogP contribution is -2.32. The van der Waals surface area contributed by atoms with E-state index < -0.39 is 11.9 Å². The van der Waals surface area contributed by atoms with E-state index >= 15 is 0 Å². The summed E-state index contributed by atoms with van der Waals surface area (Å²) in [6.07, 6.45) is 5.65. The molecule has 32 heavy (non-hydrogen) atoms. The fourth-order valence-electron chi connectivity index (χ4n) is 3.44. The summed E-state index contributed by atoms with van der Waals surface area (Å²) >= 11 is 6.06. The van der Waals surface area contributed by atoms with Crippen molar-refractivity contribution in [2.75, 3.05) is 27.2 Å². The molecule has 0 radical (unpaired) electrons. The number of carbonyl (C=O) groups excluding carboxylic acids is 2. The molecule has 0 aromatic carbocycles. The maximum Gasteiger partial charge on any atom is 0.251 e. The summed E-state index contributed by atoms with van der Waals surface area (Å²) in [6.45, 7) is 11.4. The molecule has 1 atom stereocenters. The predicted octanol–water partition coefficient (Wildman–Crippen LogP) is 4.00. The molecule has 0 spiro atoms. The minimum Gasteiger partial charge on any atom is -0.378 e. The molecule has 8 heteroatoms. The normalized spacial score (nSPS) is 18.2. The van der Waals surface area contributed by atoms with E-state index in [4.69, 9.17) is 16.3 Å². The molecule has 6 nitrogen and oxygen atoms in total. The third-order valence-corrected chi connectivity index (χ3v) is 5.79. The topological polar surface area (TPSA) is 70.7 Å². The number of hydrogen-bond acceptors (Lipinski definition) is 4. The minimum atomic E-state index is -0.464. The molecule has 0 aromatic heterocycles. The second-order valence-corrected chi connectivity index (χ2v) is 8.34. The first-order valence-corrected chi connectivity index (χ1v) is 10.9. The van der Waals surface area contributed by atoms with Crippen molar-refractivity contribution in [2.24, 2.45) is 0 Å². The number of hydrogen-bond donors (Lipinski definition) is 2. The average molecular weight is 464 g/mol. The molecule has 1 saturated carbocycles. The van der Waals surface area contributed by atoms with Gasteiger partial charge in [-0.1, -0.05) is 37.4 Å². The smallest absolute Gasteiger partial charge is 0.251 e. The van der Waals surface area contributed by atoms with Crippen LogP contribution in [0.2, 0.25) is 0 Å². The van der Waals surface area contributed by atoms with Crippen LogP contribution in [0.25, 0.3) is 0 Å². The SMILES string of the molecule is C=C/C(=C\C(=C)N(C)C)C(=O)NCCC(=C)NC(=O)COC1CC2=C(Cl)C(F)=C1CCC2. The van der Waals surface area contributed by atoms with Crippen molar-refractivity contribution in [1.82, 2.24) is 15.5 Å². The van der Waals surface area contributed by atoms with Crippen LogP contribution in [-0.4, -0.2) is 50.1 Å². The van der Waals surface area contributed by atoms with Gasteiger partial charge in [-0.15, -0.1) is 0 Å². The lowest BCUT2D eigenvalue weighted by atomic mass is 9.96. The van der Waals surface area contributed by atoms with Crippen LogP contribution in [0, 0.1) is 0 Å². The van der Waals surface area contributed by atoms with Gasteiger partial charge in [0.25, 0.3) is 5.91 Å². The first-order chi connectivity index (χ1) is 15.1. The van der Waals surface area contributed by atoms with Crippen LogP contribution in [0.4, 0.5) is 4.39 Å². The van der Waals surface area contributed by atoms with Crippen LogP contribution in [-0.2, 0) is 14.3 Å². The first kappa shape index (κ1) is 25.6. The second kappa shape index (κ2) is 11.8. The fourth-order valence-corrected chi connectivity index (χ4v) is 3.73. The van der Waals surface area contributed by atoms with Crippen LogP contribution < -0.4 is 10.6 Å². The van der Waals surface area contributed by atoms with Gasteiger partial charge in [0.15, 0.2) is 0 Å². The third kappa shape index (κ3) is 6.93. The van der Waals surface area contributed by atoms with Gasteiger partial charge in [0.2, 0.25) is 5.91 Å². The second-order valence-electron chi connectivity index (χ2n) is 7.96. The summed E-state index contributed by atoms with van der Waals surface area (Å²) in [5.41, 5.74) is 2.88. The summed E-state index contributed by atoms with van der Waals surface area (Å²) in [6, 6.07) is 0. The van der Waals surface area contributed by atoms with E-state index in [9.17, 15) is 14.0 Å². The number of carbonyl (C=O) groups is 2. The van der Waals surface area contributed by atoms with Gasteiger partial charge in [0, 0.05) is 50.4 Å². The number of nitrogens with one attached hydrogen (secondary N) is 2. The van der Waals surface area contributed by atoms with Crippen LogP contribution in [0.5, 0.6) is 0 Å². The summed E-state index contributed by atoms with van der Waals surface area (Å²) in [7, 11) is 3.65. The Labute approximate surface area is 194 Å². The highest BCUT2D eigenvalue weighted by molar-refractivity contribution is 6.32. The van der Waals surface area contributed by atoms with E-state index in [2.05, 4.69) is 30.4 Å². The molecule has 2 N–H and O–H groups in total. The van der Waals surface area contributed by atoms with Crippen LogP contribution in [0.3, 0.4) is 0 Å². The van der Waals surface area contributed by atoms with Gasteiger partial charge in [-0.25, -0.2) is 4.39 Å². The first-order valence-electron chi connectivity index (χ1n) is 10.5. The van der Waals surface area contributed by atoms with Crippen molar-refractivity contribution in [3.8, 4) is 0 Å². The molecule has 2 bridgehead atoms. The van der Waals surface area contributed by atoms with Gasteiger partial charge in [-0.05, 0) is 36.5 Å². The lowest BCUT2D eigenvalue weighted by Gasteiger charge is -2.24. The number of fused-ring (bicyclic) bond motifs is 4. The predicted molar refractivity (Wildman–Crippen MR) is 125 cm³/mol. The Morgan fingerprint density at radius 2 is 2.03 bits per heavy atom. The molecule has 1 fully saturated rings. The highest BCUT2D eigenvalue weighted by Crippen LogP contribution is 2.42. The van der Waals surface area contributed by atoms with Crippen LogP contribution in [0.15, 0.2) is 70.9 Å². The third-order valence-electron chi connectivity index (χ3n) is 5.35. The molecule has 0 saturated heterocycles. The Kier molecular flexibility index (Phi) is 9.47. The highest BCUT2D eigenvalue weighted by atomic mass is 35.5. The molecule has 2 amide bonds. The number of amides is 2. The maximum atomic E-state index is 14.4. The van der Waals surface area contributed by atoms with Gasteiger partial charge in [-0.2, -0.15) is 0 Å². The molecule has 3 aliphatic carbocycles. The number of allylic oxidation sites excluding steroid dienone is 3. The molecule has 3 rings (SSSR count). The Morgan fingerprint density at radius 1 is 1.31 bits per heavy atom. The van der Waals surface area contributed by atoms with Crippen molar-refractivity contribution in [3.05, 3.63) is 70.9 Å². The number of likely N-dealkylation sites (N-methyl/N-ethyl adjacent to an activating group) is 1. The van der Waals surface area contributed by atoms with Gasteiger partial charge < -0.3 is 20.3 Å². The zero-order chi connectivity index (χ0) is 23.8. The van der Waals surface area contributed by atoms with E-state index in [1.807, 2.05) is 14.1 Å². The monoisotopic (exact) mass is 463 g/mol. The Bertz CT molecular complexity index is 902. The van der Waals surface area contributed by atoms with Gasteiger partial charge in [0.05, 0.1) is 11.1 Å². The number of halogens is 2. The summed E-state index contributed by atoms with van der Waals surface area (Å²) in [4.78, 5) is 26.2. The van der Waals surface area contributed by atoms with Gasteiger partial charge in [-0.3, -0.25) is 9.59 Å². The van der Waals surface area contributed by atoms with E-state index in [0.29, 0.717) is 41.8 Å². The molecule has 0 aliphatic heterocycles. The molecule has 174 valence electrons. The summed E-state index contributed by atoms with van der Waals surface area (Å²) < 4.78 is 20.0. The molecule has 1 unspecified atom stereocenters. The van der Waals surface area contributed by atoms with Crippen molar-refractivity contribution in [3.63, 3.8) is 0 Å². The van der Waals surface area contributed by atoms with Crippen LogP contribution in [0.1, 0.15) is 32.1 Å². The van der Waals surface area contributed by atoms with E-state index in [-0.39, 0.29) is 30.0 Å². The fraction of sp³-hybridized carbons (Fsp3) is 0.417. The number of rotatable bonds is 11. The molecule has 0 heterocycles. The van der Waals surface area contributed by atoms with E-state index in [1.54, 1.807) is 11.0 Å².